The molecule has 2 aromatic heterocycles. The van der Waals surface area contributed by atoms with Gasteiger partial charge < -0.3 is 4.90 Å². The van der Waals surface area contributed by atoms with E-state index in [2.05, 4.69) is 150 Å². The molecule has 0 spiro atoms. The van der Waals surface area contributed by atoms with Crippen LogP contribution in [0.1, 0.15) is 22.3 Å². The highest BCUT2D eigenvalue weighted by Crippen LogP contribution is 2.59. The van der Waals surface area contributed by atoms with Gasteiger partial charge in [0.25, 0.3) is 0 Å². The molecule has 0 atom stereocenters. The minimum atomic E-state index is -0.585. The highest BCUT2D eigenvalue weighted by atomic mass is 32.1. The average Bonchev–Trinajstić information content (AvgIpc) is 3.68. The first kappa shape index (κ1) is 33.2. The first-order chi connectivity index (χ1) is 28.3. The summed E-state index contributed by atoms with van der Waals surface area (Å²) in [5, 5.41) is 2.59. The van der Waals surface area contributed by atoms with Crippen molar-refractivity contribution in [2.75, 3.05) is 4.90 Å². The van der Waals surface area contributed by atoms with Gasteiger partial charge in [-0.2, -0.15) is 0 Å². The number of fused-ring (bicyclic) bond motifs is 5. The number of hydrogen-bond donors (Lipinski definition) is 0. The van der Waals surface area contributed by atoms with Gasteiger partial charge in [0.1, 0.15) is 0 Å². The summed E-state index contributed by atoms with van der Waals surface area (Å²) in [6.45, 7) is 0. The van der Waals surface area contributed by atoms with E-state index in [1.807, 2.05) is 72.0 Å². The second-order valence-corrected chi connectivity index (χ2v) is 15.4. The van der Waals surface area contributed by atoms with Crippen molar-refractivity contribution < 1.29 is 0 Å². The van der Waals surface area contributed by atoms with Crippen molar-refractivity contribution in [2.45, 2.75) is 5.41 Å². The zero-order valence-corrected chi connectivity index (χ0v) is 31.6. The van der Waals surface area contributed by atoms with Gasteiger partial charge in [0, 0.05) is 42.6 Å². The molecule has 8 aromatic carbocycles. The van der Waals surface area contributed by atoms with Crippen molar-refractivity contribution in [3.05, 3.63) is 229 Å². The van der Waals surface area contributed by atoms with E-state index >= 15 is 0 Å². The number of aromatic nitrogens is 3. The molecule has 57 heavy (non-hydrogen) atoms. The van der Waals surface area contributed by atoms with E-state index in [0.717, 1.165) is 33.8 Å². The second-order valence-electron chi connectivity index (χ2n) is 14.4. The van der Waals surface area contributed by atoms with Gasteiger partial charge in [0.15, 0.2) is 17.5 Å². The van der Waals surface area contributed by atoms with Gasteiger partial charge in [-0.05, 0) is 64.7 Å². The Labute approximate surface area is 335 Å². The van der Waals surface area contributed by atoms with Crippen LogP contribution in [-0.2, 0) is 5.41 Å². The minimum absolute atomic E-state index is 0.585. The fourth-order valence-electron chi connectivity index (χ4n) is 8.71. The number of para-hydroxylation sites is 2. The number of benzene rings is 8. The van der Waals surface area contributed by atoms with Crippen molar-refractivity contribution in [2.24, 2.45) is 0 Å². The Bertz CT molecular complexity index is 2960. The molecule has 10 aromatic rings. The van der Waals surface area contributed by atoms with E-state index in [0.29, 0.717) is 17.5 Å². The van der Waals surface area contributed by atoms with Crippen molar-refractivity contribution >= 4 is 48.6 Å². The van der Waals surface area contributed by atoms with E-state index in [1.54, 1.807) is 0 Å². The smallest absolute Gasteiger partial charge is 0.164 e. The lowest BCUT2D eigenvalue weighted by atomic mass is 9.62. The SMILES string of the molecule is c1ccc(-c2nc(-c3ccccc3)nc(-c3ccc(N4c5ccccc5C(c5ccccc5)(c5cccc6c5sc5ccccc56)c5ccccc54)cc3)n2)cc1. The Morgan fingerprint density at radius 1 is 0.368 bits per heavy atom. The third-order valence-electron chi connectivity index (χ3n) is 11.2. The Hall–Kier alpha value is -7.21. The lowest BCUT2D eigenvalue weighted by molar-refractivity contribution is 0.739. The zero-order chi connectivity index (χ0) is 37.8. The van der Waals surface area contributed by atoms with E-state index in [-0.39, 0.29) is 0 Å². The molecule has 5 heteroatoms. The maximum Gasteiger partial charge on any atom is 0.164 e. The molecule has 3 heterocycles. The maximum atomic E-state index is 5.01. The predicted octanol–water partition coefficient (Wildman–Crippen LogP) is 13.4. The fraction of sp³-hybridized carbons (Fsp3) is 0.0192. The quantitative estimate of drug-likeness (QED) is 0.170. The summed E-state index contributed by atoms with van der Waals surface area (Å²) in [5.74, 6) is 1.93. The zero-order valence-electron chi connectivity index (χ0n) is 30.8. The standard InChI is InChI=1S/C52H34N4S/c1-4-17-35(18-5-1)49-53-50(36-19-6-2-7-20-36)55-51(54-49)37-31-33-39(34-32-37)56-45-28-13-11-25-42(45)52(38-21-8-3-9-22-38,43-26-12-14-29-46(43)56)44-27-16-24-41-40-23-10-15-30-47(40)57-48(41)44/h1-34H. The summed E-state index contributed by atoms with van der Waals surface area (Å²) in [6.07, 6.45) is 0. The van der Waals surface area contributed by atoms with Crippen molar-refractivity contribution in [1.82, 2.24) is 15.0 Å². The number of thiophene rings is 1. The van der Waals surface area contributed by atoms with Gasteiger partial charge in [-0.3, -0.25) is 0 Å². The Morgan fingerprint density at radius 2 is 0.825 bits per heavy atom. The molecule has 1 aliphatic heterocycles. The maximum absolute atomic E-state index is 5.01. The van der Waals surface area contributed by atoms with Gasteiger partial charge in [-0.15, -0.1) is 11.3 Å². The molecule has 0 radical (unpaired) electrons. The molecule has 0 saturated carbocycles. The predicted molar refractivity (Wildman–Crippen MR) is 236 cm³/mol. The summed E-state index contributed by atoms with van der Waals surface area (Å²) in [6, 6.07) is 73.5. The molecular weight excluding hydrogens is 713 g/mol. The summed E-state index contributed by atoms with van der Waals surface area (Å²) in [7, 11) is 0. The monoisotopic (exact) mass is 746 g/mol. The van der Waals surface area contributed by atoms with Crippen LogP contribution in [0.2, 0.25) is 0 Å². The van der Waals surface area contributed by atoms with E-state index in [4.69, 9.17) is 15.0 Å². The Morgan fingerprint density at radius 3 is 1.42 bits per heavy atom. The molecule has 0 fully saturated rings. The number of rotatable bonds is 6. The van der Waals surface area contributed by atoms with E-state index < -0.39 is 5.41 Å². The molecule has 0 saturated heterocycles. The Kier molecular flexibility index (Phi) is 7.86. The third kappa shape index (κ3) is 5.31. The van der Waals surface area contributed by atoms with E-state index in [9.17, 15) is 0 Å². The average molecular weight is 747 g/mol. The van der Waals surface area contributed by atoms with Crippen LogP contribution in [0, 0.1) is 0 Å². The lowest BCUT2D eigenvalue weighted by Crippen LogP contribution is -2.37. The molecule has 4 nitrogen and oxygen atoms in total. The molecule has 0 bridgehead atoms. The first-order valence-corrected chi connectivity index (χ1v) is 20.0. The summed E-state index contributed by atoms with van der Waals surface area (Å²) in [4.78, 5) is 17.3. The first-order valence-electron chi connectivity index (χ1n) is 19.2. The van der Waals surface area contributed by atoms with Crippen LogP contribution in [0.3, 0.4) is 0 Å². The van der Waals surface area contributed by atoms with Crippen LogP contribution in [0.15, 0.2) is 206 Å². The second kappa shape index (κ2) is 13.5. The van der Waals surface area contributed by atoms with Crippen molar-refractivity contribution in [3.8, 4) is 34.2 Å². The number of hydrogen-bond acceptors (Lipinski definition) is 5. The molecule has 0 aliphatic carbocycles. The summed E-state index contributed by atoms with van der Waals surface area (Å²) >= 11 is 1.89. The van der Waals surface area contributed by atoms with Crippen molar-refractivity contribution in [1.29, 1.82) is 0 Å². The van der Waals surface area contributed by atoms with Gasteiger partial charge in [-0.25, -0.2) is 15.0 Å². The molecule has 11 rings (SSSR count). The largest absolute Gasteiger partial charge is 0.310 e. The van der Waals surface area contributed by atoms with E-state index in [1.165, 1.54) is 42.4 Å². The van der Waals surface area contributed by atoms with Gasteiger partial charge in [-0.1, -0.05) is 164 Å². The molecule has 0 unspecified atom stereocenters. The Balaban J connectivity index is 1.10. The normalized spacial score (nSPS) is 13.0. The van der Waals surface area contributed by atoms with Crippen LogP contribution in [0.5, 0.6) is 0 Å². The van der Waals surface area contributed by atoms with Crippen LogP contribution in [0.25, 0.3) is 54.3 Å². The van der Waals surface area contributed by atoms with Crippen LogP contribution >= 0.6 is 11.3 Å². The minimum Gasteiger partial charge on any atom is -0.310 e. The summed E-state index contributed by atoms with van der Waals surface area (Å²) in [5.41, 5.74) is 10.6. The number of nitrogens with zero attached hydrogens (tertiary/aromatic N) is 4. The topological polar surface area (TPSA) is 41.9 Å². The highest BCUT2D eigenvalue weighted by Gasteiger charge is 2.47. The van der Waals surface area contributed by atoms with Crippen LogP contribution < -0.4 is 4.90 Å². The number of anilines is 3. The molecular formula is C52H34N4S. The lowest BCUT2D eigenvalue weighted by Gasteiger charge is -2.46. The van der Waals surface area contributed by atoms with Crippen LogP contribution in [-0.4, -0.2) is 15.0 Å². The van der Waals surface area contributed by atoms with Crippen molar-refractivity contribution in [3.63, 3.8) is 0 Å². The van der Waals surface area contributed by atoms with Gasteiger partial charge in [0.05, 0.1) is 16.8 Å². The highest BCUT2D eigenvalue weighted by molar-refractivity contribution is 7.26. The molecule has 268 valence electrons. The molecule has 0 amide bonds. The van der Waals surface area contributed by atoms with Crippen LogP contribution in [0.4, 0.5) is 17.1 Å². The van der Waals surface area contributed by atoms with Gasteiger partial charge >= 0.3 is 0 Å². The fourth-order valence-corrected chi connectivity index (χ4v) is 9.98. The molecule has 0 N–H and O–H groups in total. The summed E-state index contributed by atoms with van der Waals surface area (Å²) < 4.78 is 2.61. The van der Waals surface area contributed by atoms with Gasteiger partial charge in [0.2, 0.25) is 0 Å². The molecule has 1 aliphatic rings. The third-order valence-corrected chi connectivity index (χ3v) is 12.4.